The number of nitrogens with two attached hydrogens (primary N) is 1. The summed E-state index contributed by atoms with van der Waals surface area (Å²) in [5, 5.41) is 1.83. The smallest absolute Gasteiger partial charge is 0.205 e. The van der Waals surface area contributed by atoms with Gasteiger partial charge in [-0.3, -0.25) is 4.79 Å². The van der Waals surface area contributed by atoms with Crippen molar-refractivity contribution in [3.05, 3.63) is 51.5 Å². The number of anilines is 1. The second-order valence-corrected chi connectivity index (χ2v) is 4.38. The first kappa shape index (κ1) is 10.8. The molecule has 0 aliphatic carbocycles. The normalized spacial score (nSPS) is 10.4. The van der Waals surface area contributed by atoms with Crippen molar-refractivity contribution >= 4 is 22.8 Å². The fourth-order valence-corrected chi connectivity index (χ4v) is 2.34. The number of carbonyl (C=O) groups excluding carboxylic acids is 1. The molecule has 0 unspecified atom stereocenters. The van der Waals surface area contributed by atoms with Gasteiger partial charge >= 0.3 is 0 Å². The average molecular weight is 235 g/mol. The monoisotopic (exact) mass is 235 g/mol. The molecule has 82 valence electrons. The first-order valence-corrected chi connectivity index (χ1v) is 5.62. The van der Waals surface area contributed by atoms with Gasteiger partial charge in [0.2, 0.25) is 5.78 Å². The van der Waals surface area contributed by atoms with Crippen molar-refractivity contribution in [2.45, 2.75) is 6.92 Å². The summed E-state index contributed by atoms with van der Waals surface area (Å²) in [4.78, 5) is 12.7. The Labute approximate surface area is 96.5 Å². The van der Waals surface area contributed by atoms with Crippen LogP contribution in [0.1, 0.15) is 20.8 Å². The summed E-state index contributed by atoms with van der Waals surface area (Å²) in [6.45, 7) is 1.85. The molecule has 0 atom stereocenters. The average Bonchev–Trinajstić information content (AvgIpc) is 2.68. The van der Waals surface area contributed by atoms with Gasteiger partial charge in [0.15, 0.2) is 0 Å². The quantitative estimate of drug-likeness (QED) is 0.642. The summed E-state index contributed by atoms with van der Waals surface area (Å²) in [5.41, 5.74) is 6.58. The van der Waals surface area contributed by atoms with Gasteiger partial charge in [0.05, 0.1) is 10.6 Å². The Hall–Kier alpha value is -1.68. The van der Waals surface area contributed by atoms with Gasteiger partial charge in [0, 0.05) is 5.56 Å². The Morgan fingerprint density at radius 1 is 1.38 bits per heavy atom. The summed E-state index contributed by atoms with van der Waals surface area (Å²) in [6, 6.07) is 6.13. The molecule has 0 aliphatic rings. The molecule has 16 heavy (non-hydrogen) atoms. The van der Waals surface area contributed by atoms with E-state index >= 15 is 0 Å². The van der Waals surface area contributed by atoms with Crippen molar-refractivity contribution in [3.63, 3.8) is 0 Å². The third kappa shape index (κ3) is 1.72. The molecule has 2 N–H and O–H groups in total. The Morgan fingerprint density at radius 3 is 2.75 bits per heavy atom. The number of nitrogen functional groups attached to an aromatic ring is 1. The molecule has 2 rings (SSSR count). The maximum atomic E-state index is 13.2. The maximum Gasteiger partial charge on any atom is 0.205 e. The molecule has 0 spiro atoms. The molecule has 1 heterocycles. The lowest BCUT2D eigenvalue weighted by atomic mass is 10.1. The van der Waals surface area contributed by atoms with Crippen LogP contribution in [-0.2, 0) is 0 Å². The van der Waals surface area contributed by atoms with E-state index in [9.17, 15) is 9.18 Å². The van der Waals surface area contributed by atoms with Gasteiger partial charge in [-0.05, 0) is 36.1 Å². The number of hydrogen-bond acceptors (Lipinski definition) is 3. The SMILES string of the molecule is Cc1ccsc1C(=O)c1cccc(F)c1N. The molecule has 0 saturated heterocycles. The number of thiophene rings is 1. The zero-order chi connectivity index (χ0) is 11.7. The number of ketones is 1. The summed E-state index contributed by atoms with van der Waals surface area (Å²) in [7, 11) is 0. The second-order valence-electron chi connectivity index (χ2n) is 3.46. The number of rotatable bonds is 2. The van der Waals surface area contributed by atoms with E-state index in [4.69, 9.17) is 5.73 Å². The van der Waals surface area contributed by atoms with Crippen LogP contribution in [0.5, 0.6) is 0 Å². The van der Waals surface area contributed by atoms with Gasteiger partial charge in [-0.15, -0.1) is 11.3 Å². The van der Waals surface area contributed by atoms with Gasteiger partial charge in [0.1, 0.15) is 5.82 Å². The zero-order valence-corrected chi connectivity index (χ0v) is 9.48. The predicted molar refractivity (Wildman–Crippen MR) is 63.3 cm³/mol. The zero-order valence-electron chi connectivity index (χ0n) is 8.66. The molecule has 2 nitrogen and oxygen atoms in total. The minimum Gasteiger partial charge on any atom is -0.396 e. The summed E-state index contributed by atoms with van der Waals surface area (Å²) < 4.78 is 13.2. The Bertz CT molecular complexity index is 548. The lowest BCUT2D eigenvalue weighted by molar-refractivity contribution is 0.104. The summed E-state index contributed by atoms with van der Waals surface area (Å²) >= 11 is 1.34. The van der Waals surface area contributed by atoms with Crippen LogP contribution in [0, 0.1) is 12.7 Å². The molecule has 0 saturated carbocycles. The van der Waals surface area contributed by atoms with Crippen molar-refractivity contribution in [2.75, 3.05) is 5.73 Å². The summed E-state index contributed by atoms with van der Waals surface area (Å²) in [5.74, 6) is -0.774. The number of halogens is 1. The standard InChI is InChI=1S/C12H10FNOS/c1-7-5-6-16-12(7)11(15)8-3-2-4-9(13)10(8)14/h2-6H,14H2,1H3. The molecular weight excluding hydrogens is 225 g/mol. The van der Waals surface area contributed by atoms with Crippen molar-refractivity contribution in [1.29, 1.82) is 0 Å². The fourth-order valence-electron chi connectivity index (χ4n) is 1.46. The number of hydrogen-bond donors (Lipinski definition) is 1. The van der Waals surface area contributed by atoms with E-state index in [-0.39, 0.29) is 17.0 Å². The van der Waals surface area contributed by atoms with E-state index in [1.54, 1.807) is 6.07 Å². The Morgan fingerprint density at radius 2 is 2.12 bits per heavy atom. The minimum absolute atomic E-state index is 0.0831. The van der Waals surface area contributed by atoms with Crippen molar-refractivity contribution in [3.8, 4) is 0 Å². The first-order valence-electron chi connectivity index (χ1n) is 4.74. The van der Waals surface area contributed by atoms with Crippen LogP contribution >= 0.6 is 11.3 Å². The molecular formula is C12H10FNOS. The van der Waals surface area contributed by atoms with E-state index in [1.165, 1.54) is 23.5 Å². The van der Waals surface area contributed by atoms with Crippen molar-refractivity contribution in [2.24, 2.45) is 0 Å². The van der Waals surface area contributed by atoms with Crippen LogP contribution in [0.15, 0.2) is 29.6 Å². The Balaban J connectivity index is 2.50. The van der Waals surface area contributed by atoms with Crippen LogP contribution in [-0.4, -0.2) is 5.78 Å². The molecule has 0 aliphatic heterocycles. The van der Waals surface area contributed by atoms with Gasteiger partial charge in [-0.25, -0.2) is 4.39 Å². The van der Waals surface area contributed by atoms with E-state index in [0.29, 0.717) is 4.88 Å². The lowest BCUT2D eigenvalue weighted by Gasteiger charge is -2.04. The van der Waals surface area contributed by atoms with Crippen LogP contribution in [0.4, 0.5) is 10.1 Å². The van der Waals surface area contributed by atoms with Crippen molar-refractivity contribution < 1.29 is 9.18 Å². The fraction of sp³-hybridized carbons (Fsp3) is 0.0833. The van der Waals surface area contributed by atoms with Crippen LogP contribution in [0.25, 0.3) is 0 Å². The van der Waals surface area contributed by atoms with E-state index in [2.05, 4.69) is 0 Å². The second kappa shape index (κ2) is 4.06. The molecule has 0 radical (unpaired) electrons. The lowest BCUT2D eigenvalue weighted by Crippen LogP contribution is -2.06. The van der Waals surface area contributed by atoms with Crippen LogP contribution in [0.3, 0.4) is 0 Å². The van der Waals surface area contributed by atoms with Gasteiger partial charge < -0.3 is 5.73 Å². The Kier molecular flexibility index (Phi) is 2.75. The third-order valence-corrected chi connectivity index (χ3v) is 3.38. The maximum absolute atomic E-state index is 13.2. The predicted octanol–water partition coefficient (Wildman–Crippen LogP) is 3.01. The molecule has 0 bridgehead atoms. The molecule has 1 aromatic carbocycles. The van der Waals surface area contributed by atoms with E-state index in [1.807, 2.05) is 18.4 Å². The van der Waals surface area contributed by atoms with Gasteiger partial charge in [-0.1, -0.05) is 6.07 Å². The van der Waals surface area contributed by atoms with E-state index in [0.717, 1.165) is 5.56 Å². The van der Waals surface area contributed by atoms with Crippen molar-refractivity contribution in [1.82, 2.24) is 0 Å². The molecule has 2 aromatic rings. The highest BCUT2D eigenvalue weighted by molar-refractivity contribution is 7.12. The summed E-state index contributed by atoms with van der Waals surface area (Å²) in [6.07, 6.45) is 0. The highest BCUT2D eigenvalue weighted by Crippen LogP contribution is 2.24. The topological polar surface area (TPSA) is 43.1 Å². The number of carbonyl (C=O) groups is 1. The van der Waals surface area contributed by atoms with Gasteiger partial charge in [-0.2, -0.15) is 0 Å². The van der Waals surface area contributed by atoms with Crippen LogP contribution in [0.2, 0.25) is 0 Å². The van der Waals surface area contributed by atoms with Crippen LogP contribution < -0.4 is 5.73 Å². The third-order valence-electron chi connectivity index (χ3n) is 2.37. The molecule has 4 heteroatoms. The first-order chi connectivity index (χ1) is 7.61. The van der Waals surface area contributed by atoms with Gasteiger partial charge in [0.25, 0.3) is 0 Å². The molecule has 0 fully saturated rings. The highest BCUT2D eigenvalue weighted by Gasteiger charge is 2.17. The highest BCUT2D eigenvalue weighted by atomic mass is 32.1. The minimum atomic E-state index is -0.556. The molecule has 1 aromatic heterocycles. The number of aryl methyl sites for hydroxylation is 1. The number of para-hydroxylation sites is 1. The van der Waals surface area contributed by atoms with E-state index < -0.39 is 5.82 Å². The molecule has 0 amide bonds. The largest absolute Gasteiger partial charge is 0.396 e. The number of benzene rings is 1.